The number of Topliss-reactive ketones (excluding diaryl/α,β-unsaturated/α-hetero) is 2. The number of ketones is 2. The van der Waals surface area contributed by atoms with Crippen LogP contribution >= 0.6 is 0 Å². The van der Waals surface area contributed by atoms with Crippen LogP contribution in [0.25, 0.3) is 5.76 Å². The molecule has 0 radical (unpaired) electrons. The number of carbonyl (C=O) groups is 3. The Morgan fingerprint density at radius 2 is 1.91 bits per heavy atom. The number of ether oxygens (including phenoxy) is 2. The van der Waals surface area contributed by atoms with E-state index in [4.69, 9.17) is 15.2 Å². The Bertz CT molecular complexity index is 1510. The number of primary amides is 1. The monoisotopic (exact) mass is 614 g/mol. The van der Waals surface area contributed by atoms with Gasteiger partial charge >= 0.3 is 0 Å². The van der Waals surface area contributed by atoms with E-state index in [1.807, 2.05) is 0 Å². The maximum Gasteiger partial charge on any atom is 0.255 e. The quantitative estimate of drug-likeness (QED) is 0.121. The van der Waals surface area contributed by atoms with Gasteiger partial charge in [0.25, 0.3) is 5.91 Å². The number of rotatable bonds is 11. The van der Waals surface area contributed by atoms with E-state index in [1.165, 1.54) is 11.0 Å². The van der Waals surface area contributed by atoms with Crippen LogP contribution in [-0.4, -0.2) is 97.3 Å². The van der Waals surface area contributed by atoms with Crippen LogP contribution in [-0.2, 0) is 30.3 Å². The molecule has 4 atom stereocenters. The second kappa shape index (κ2) is 12.0. The number of amides is 1. The van der Waals surface area contributed by atoms with Crippen molar-refractivity contribution >= 4 is 28.9 Å². The fourth-order valence-electron chi connectivity index (χ4n) is 7.02. The fourth-order valence-corrected chi connectivity index (χ4v) is 7.02. The average molecular weight is 615 g/mol. The minimum atomic E-state index is -2.22. The van der Waals surface area contributed by atoms with Crippen LogP contribution < -0.4 is 16.4 Å². The standard InChI is InChI=1S/C31H39FN4O8/c1-36(2)24-17-11-15-10-16-18(32)12-19(35-20(14-6-7-14)13-34-8-5-9-43-3)25(37)22(16)26(38)21(15)28(40)31(17,44-4)29(41)23(27(24)39)30(33)42/h12,15,17,24,34-35,37-38,41H,5-11,13H2,1-4H3,(H2,33,42)/t15-,17-,24-,31-/m0/s1. The Kier molecular flexibility index (Phi) is 8.60. The van der Waals surface area contributed by atoms with E-state index in [9.17, 15) is 29.7 Å². The van der Waals surface area contributed by atoms with Crippen LogP contribution in [0.3, 0.4) is 0 Å². The molecule has 2 fully saturated rings. The SMILES string of the molecule is COCCCNCC(Nc1cc(F)c2c(c1O)C(O)=C1C(=O)[C@]3(OC)C(O)=C(C(N)=O)C(=O)[C@@H](N(C)C)[C@@H]3C[C@@H]1C2)=C1CC1. The Hall–Kier alpha value is -3.78. The number of aliphatic hydroxyl groups excluding tert-OH is 2. The van der Waals surface area contributed by atoms with Gasteiger partial charge in [-0.15, -0.1) is 0 Å². The summed E-state index contributed by atoms with van der Waals surface area (Å²) in [5, 5.41) is 40.6. The van der Waals surface area contributed by atoms with Gasteiger partial charge in [-0.1, -0.05) is 0 Å². The van der Waals surface area contributed by atoms with Gasteiger partial charge in [-0.2, -0.15) is 0 Å². The summed E-state index contributed by atoms with van der Waals surface area (Å²) in [6.07, 6.45) is 2.49. The van der Waals surface area contributed by atoms with Crippen molar-refractivity contribution in [2.24, 2.45) is 17.6 Å². The highest BCUT2D eigenvalue weighted by molar-refractivity contribution is 6.24. The molecule has 0 unspecified atom stereocenters. The number of phenolic OH excluding ortho intramolecular Hbond substituents is 1. The maximum atomic E-state index is 15.7. The van der Waals surface area contributed by atoms with Crippen molar-refractivity contribution in [1.82, 2.24) is 10.2 Å². The van der Waals surface area contributed by atoms with Crippen LogP contribution in [0.5, 0.6) is 5.75 Å². The van der Waals surface area contributed by atoms with Gasteiger partial charge in [0, 0.05) is 56.2 Å². The molecule has 1 aromatic carbocycles. The van der Waals surface area contributed by atoms with E-state index in [-0.39, 0.29) is 35.2 Å². The summed E-state index contributed by atoms with van der Waals surface area (Å²) >= 11 is 0. The number of fused-ring (bicyclic) bond motifs is 3. The van der Waals surface area contributed by atoms with Crippen molar-refractivity contribution in [3.05, 3.63) is 51.2 Å². The third-order valence-corrected chi connectivity index (χ3v) is 9.17. The number of likely N-dealkylation sites (N-methyl/N-ethyl adjacent to an activating group) is 1. The van der Waals surface area contributed by atoms with Crippen LogP contribution in [0.4, 0.5) is 10.1 Å². The lowest BCUT2D eigenvalue weighted by atomic mass is 9.57. The van der Waals surface area contributed by atoms with Crippen molar-refractivity contribution in [3.63, 3.8) is 0 Å². The smallest absolute Gasteiger partial charge is 0.255 e. The zero-order valence-corrected chi connectivity index (χ0v) is 25.3. The van der Waals surface area contributed by atoms with Crippen molar-refractivity contribution in [2.45, 2.75) is 43.7 Å². The summed E-state index contributed by atoms with van der Waals surface area (Å²) in [4.78, 5) is 41.5. The maximum absolute atomic E-state index is 15.7. The first kappa shape index (κ1) is 31.6. The number of nitrogens with one attached hydrogen (secondary N) is 2. The molecule has 7 N–H and O–H groups in total. The van der Waals surface area contributed by atoms with E-state index in [0.29, 0.717) is 19.7 Å². The Labute approximate surface area is 254 Å². The predicted molar refractivity (Wildman–Crippen MR) is 158 cm³/mol. The minimum Gasteiger partial charge on any atom is -0.508 e. The van der Waals surface area contributed by atoms with E-state index in [0.717, 1.165) is 37.6 Å². The lowest BCUT2D eigenvalue weighted by Crippen LogP contribution is -2.66. The lowest BCUT2D eigenvalue weighted by molar-refractivity contribution is -0.159. The normalized spacial score (nSPS) is 26.0. The number of nitrogens with two attached hydrogens (primary N) is 1. The van der Waals surface area contributed by atoms with Crippen LogP contribution in [0.2, 0.25) is 0 Å². The summed E-state index contributed by atoms with van der Waals surface area (Å²) in [7, 11) is 5.95. The van der Waals surface area contributed by atoms with E-state index in [2.05, 4.69) is 10.6 Å². The van der Waals surface area contributed by atoms with E-state index < -0.39 is 69.6 Å². The molecule has 44 heavy (non-hydrogen) atoms. The zero-order valence-electron chi connectivity index (χ0n) is 25.3. The Morgan fingerprint density at radius 3 is 2.50 bits per heavy atom. The van der Waals surface area contributed by atoms with Gasteiger partial charge in [0.15, 0.2) is 11.4 Å². The lowest BCUT2D eigenvalue weighted by Gasteiger charge is -2.51. The van der Waals surface area contributed by atoms with Gasteiger partial charge in [0.05, 0.1) is 17.3 Å². The van der Waals surface area contributed by atoms with Crippen molar-refractivity contribution in [3.8, 4) is 5.75 Å². The highest BCUT2D eigenvalue weighted by Crippen LogP contribution is 2.54. The molecule has 1 amide bonds. The first-order valence-electron chi connectivity index (χ1n) is 14.6. The van der Waals surface area contributed by atoms with E-state index >= 15 is 4.39 Å². The third-order valence-electron chi connectivity index (χ3n) is 9.17. The Balaban J connectivity index is 1.58. The summed E-state index contributed by atoms with van der Waals surface area (Å²) < 4.78 is 26.5. The molecule has 0 spiro atoms. The molecule has 13 heteroatoms. The first-order valence-corrected chi connectivity index (χ1v) is 14.6. The minimum absolute atomic E-state index is 0.0221. The van der Waals surface area contributed by atoms with Gasteiger partial charge in [-0.05, 0) is 64.2 Å². The first-order chi connectivity index (χ1) is 20.9. The number of halogens is 1. The van der Waals surface area contributed by atoms with Crippen LogP contribution in [0.1, 0.15) is 36.8 Å². The summed E-state index contributed by atoms with van der Waals surface area (Å²) in [5.74, 6) is -7.32. The van der Waals surface area contributed by atoms with Crippen LogP contribution in [0.15, 0.2) is 34.2 Å². The van der Waals surface area contributed by atoms with Gasteiger partial charge in [-0.25, -0.2) is 4.39 Å². The fraction of sp³-hybridized carbons (Fsp3) is 0.516. The number of benzene rings is 1. The number of allylic oxidation sites excluding steroid dienone is 1. The second-order valence-corrected chi connectivity index (χ2v) is 12.0. The molecular formula is C31H39FN4O8. The molecular weight excluding hydrogens is 575 g/mol. The van der Waals surface area contributed by atoms with Crippen molar-refractivity contribution in [1.29, 1.82) is 0 Å². The largest absolute Gasteiger partial charge is 0.508 e. The number of anilines is 1. The number of phenols is 1. The molecule has 0 aliphatic heterocycles. The molecule has 0 bridgehead atoms. The summed E-state index contributed by atoms with van der Waals surface area (Å²) in [6, 6.07) is 0.0921. The molecule has 4 aliphatic carbocycles. The van der Waals surface area contributed by atoms with Gasteiger partial charge < -0.3 is 41.2 Å². The number of aliphatic hydroxyl groups is 2. The molecule has 5 rings (SSSR count). The zero-order chi connectivity index (χ0) is 32.1. The molecule has 0 saturated heterocycles. The highest BCUT2D eigenvalue weighted by atomic mass is 19.1. The van der Waals surface area contributed by atoms with E-state index in [1.54, 1.807) is 21.2 Å². The molecule has 2 saturated carbocycles. The third kappa shape index (κ3) is 4.97. The number of hydrogen-bond acceptors (Lipinski definition) is 11. The topological polar surface area (TPSA) is 184 Å². The summed E-state index contributed by atoms with van der Waals surface area (Å²) in [6.45, 7) is 1.74. The van der Waals surface area contributed by atoms with Gasteiger partial charge in [-0.3, -0.25) is 19.3 Å². The number of methoxy groups -OCH3 is 2. The van der Waals surface area contributed by atoms with Gasteiger partial charge in [0.1, 0.15) is 28.7 Å². The number of hydrogen-bond donors (Lipinski definition) is 6. The predicted octanol–water partition coefficient (Wildman–Crippen LogP) is 1.84. The highest BCUT2D eigenvalue weighted by Gasteiger charge is 2.65. The molecule has 238 valence electrons. The average Bonchev–Trinajstić information content (AvgIpc) is 3.80. The van der Waals surface area contributed by atoms with Crippen molar-refractivity contribution < 1.29 is 43.6 Å². The number of aromatic hydroxyl groups is 1. The molecule has 4 aliphatic rings. The second-order valence-electron chi connectivity index (χ2n) is 12.0. The molecule has 0 heterocycles. The molecule has 0 aromatic heterocycles. The van der Waals surface area contributed by atoms with Crippen molar-refractivity contribution in [2.75, 3.05) is 53.3 Å². The number of carbonyl (C=O) groups excluding carboxylic acids is 3. The molecule has 12 nitrogen and oxygen atoms in total. The molecule has 1 aromatic rings. The van der Waals surface area contributed by atoms with Crippen LogP contribution in [0, 0.1) is 17.7 Å². The Morgan fingerprint density at radius 1 is 1.20 bits per heavy atom. The van der Waals surface area contributed by atoms with Gasteiger partial charge in [0.2, 0.25) is 5.78 Å². The number of nitrogens with zero attached hydrogens (tertiary/aromatic N) is 1. The summed E-state index contributed by atoms with van der Waals surface area (Å²) in [5.41, 5.74) is 4.02.